The Labute approximate surface area is 195 Å². The van der Waals surface area contributed by atoms with E-state index < -0.39 is 15.6 Å². The third-order valence-electron chi connectivity index (χ3n) is 5.19. The lowest BCUT2D eigenvalue weighted by Gasteiger charge is -2.21. The van der Waals surface area contributed by atoms with Crippen molar-refractivity contribution in [1.82, 2.24) is 14.9 Å². The summed E-state index contributed by atoms with van der Waals surface area (Å²) in [5.41, 5.74) is 3.51. The largest absolute Gasteiger partial charge is 0.338 e. The third kappa shape index (κ3) is 5.05. The van der Waals surface area contributed by atoms with Gasteiger partial charge in [-0.15, -0.1) is 10.2 Å². The Hall–Kier alpha value is -3.29. The molecule has 0 saturated heterocycles. The molecular weight excluding hydrogens is 432 g/mol. The number of hydrogen-bond acceptors (Lipinski definition) is 5. The highest BCUT2D eigenvalue weighted by molar-refractivity contribution is 7.89. The van der Waals surface area contributed by atoms with Crippen molar-refractivity contribution >= 4 is 32.3 Å². The molecule has 0 unspecified atom stereocenters. The molecule has 1 heterocycles. The first kappa shape index (κ1) is 22.9. The maximum Gasteiger partial charge on any atom is 0.241 e. The van der Waals surface area contributed by atoms with Gasteiger partial charge in [-0.25, -0.2) is 13.1 Å². The highest BCUT2D eigenvalue weighted by Gasteiger charge is 2.24. The Bertz CT molecular complexity index is 1420. The lowest BCUT2D eigenvalue weighted by Crippen LogP contribution is -2.40. The molecule has 0 aliphatic heterocycles. The van der Waals surface area contributed by atoms with Gasteiger partial charge >= 0.3 is 0 Å². The molecular formula is C26H28N4O2S. The van der Waals surface area contributed by atoms with Gasteiger partial charge in [-0.05, 0) is 58.4 Å². The van der Waals surface area contributed by atoms with E-state index in [0.717, 1.165) is 16.5 Å². The van der Waals surface area contributed by atoms with Gasteiger partial charge in [0.15, 0.2) is 5.82 Å². The predicted molar refractivity (Wildman–Crippen MR) is 134 cm³/mol. The summed E-state index contributed by atoms with van der Waals surface area (Å²) < 4.78 is 28.8. The van der Waals surface area contributed by atoms with Gasteiger partial charge in [0.1, 0.15) is 5.69 Å². The van der Waals surface area contributed by atoms with Crippen LogP contribution in [0, 0.1) is 13.8 Å². The Balaban J connectivity index is 1.81. The van der Waals surface area contributed by atoms with Crippen LogP contribution < -0.4 is 10.0 Å². The van der Waals surface area contributed by atoms with Crippen molar-refractivity contribution in [3.05, 3.63) is 77.9 Å². The second-order valence-corrected chi connectivity index (χ2v) is 10.9. The summed E-state index contributed by atoms with van der Waals surface area (Å²) in [5, 5.41) is 14.1. The zero-order chi connectivity index (χ0) is 23.8. The lowest BCUT2D eigenvalue weighted by atomic mass is 10.0. The van der Waals surface area contributed by atoms with Crippen LogP contribution in [-0.4, -0.2) is 24.2 Å². The minimum atomic E-state index is -3.70. The van der Waals surface area contributed by atoms with E-state index >= 15 is 0 Å². The minimum Gasteiger partial charge on any atom is -0.338 e. The molecule has 7 heteroatoms. The van der Waals surface area contributed by atoms with E-state index in [9.17, 15) is 8.42 Å². The number of hydrogen-bond donors (Lipinski definition) is 2. The number of aromatic nitrogens is 2. The summed E-state index contributed by atoms with van der Waals surface area (Å²) in [6.45, 7) is 9.30. The van der Waals surface area contributed by atoms with E-state index in [2.05, 4.69) is 20.2 Å². The molecule has 0 spiro atoms. The monoisotopic (exact) mass is 460 g/mol. The number of anilines is 2. The molecule has 4 rings (SSSR count). The molecule has 0 radical (unpaired) electrons. The lowest BCUT2D eigenvalue weighted by molar-refractivity contribution is 0.491. The Morgan fingerprint density at radius 1 is 0.818 bits per heavy atom. The highest BCUT2D eigenvalue weighted by atomic mass is 32.2. The number of fused-ring (bicyclic) bond motifs is 1. The summed E-state index contributed by atoms with van der Waals surface area (Å²) >= 11 is 0. The molecule has 1 aromatic heterocycles. The van der Waals surface area contributed by atoms with Crippen molar-refractivity contribution in [1.29, 1.82) is 0 Å². The molecule has 3 aromatic carbocycles. The van der Waals surface area contributed by atoms with Crippen molar-refractivity contribution in [3.63, 3.8) is 0 Å². The first-order valence-electron chi connectivity index (χ1n) is 10.8. The zero-order valence-corrected chi connectivity index (χ0v) is 20.3. The zero-order valence-electron chi connectivity index (χ0n) is 19.5. The smallest absolute Gasteiger partial charge is 0.241 e. The minimum absolute atomic E-state index is 0.239. The topological polar surface area (TPSA) is 84.0 Å². The van der Waals surface area contributed by atoms with Crippen LogP contribution in [0.4, 0.5) is 11.5 Å². The van der Waals surface area contributed by atoms with Gasteiger partial charge in [0.25, 0.3) is 0 Å². The number of nitrogens with zero attached hydrogens (tertiary/aromatic N) is 2. The van der Waals surface area contributed by atoms with Crippen molar-refractivity contribution in [2.75, 3.05) is 5.32 Å². The summed E-state index contributed by atoms with van der Waals surface area (Å²) in [6.07, 6.45) is 0. The van der Waals surface area contributed by atoms with Crippen LogP contribution in [0.1, 0.15) is 31.9 Å². The third-order valence-corrected chi connectivity index (χ3v) is 7.09. The average Bonchev–Trinajstić information content (AvgIpc) is 2.74. The van der Waals surface area contributed by atoms with Gasteiger partial charge in [0.2, 0.25) is 10.0 Å². The van der Waals surface area contributed by atoms with Crippen LogP contribution in [0.3, 0.4) is 0 Å². The number of benzene rings is 3. The number of nitrogens with one attached hydrogen (secondary N) is 2. The van der Waals surface area contributed by atoms with E-state index in [0.29, 0.717) is 22.6 Å². The SMILES string of the molecule is Cc1ccc(Nc2nnc(-c3ccc(C)c(S(=O)(=O)NC(C)(C)C)c3)c3ccccc23)cc1. The summed E-state index contributed by atoms with van der Waals surface area (Å²) in [4.78, 5) is 0.239. The van der Waals surface area contributed by atoms with E-state index in [1.807, 2.05) is 88.4 Å². The van der Waals surface area contributed by atoms with Gasteiger partial charge < -0.3 is 5.32 Å². The molecule has 2 N–H and O–H groups in total. The molecule has 6 nitrogen and oxygen atoms in total. The second-order valence-electron chi connectivity index (χ2n) is 9.27. The van der Waals surface area contributed by atoms with Gasteiger partial charge in [-0.2, -0.15) is 0 Å². The first-order valence-corrected chi connectivity index (χ1v) is 12.3. The molecule has 33 heavy (non-hydrogen) atoms. The van der Waals surface area contributed by atoms with Gasteiger partial charge in [0.05, 0.1) is 4.90 Å². The molecule has 0 aliphatic carbocycles. The Kier molecular flexibility index (Phi) is 5.95. The maximum atomic E-state index is 13.0. The van der Waals surface area contributed by atoms with Crippen LogP contribution in [0.2, 0.25) is 0 Å². The van der Waals surface area contributed by atoms with Crippen LogP contribution in [0.25, 0.3) is 22.0 Å². The summed E-state index contributed by atoms with van der Waals surface area (Å²) in [6, 6.07) is 21.3. The Morgan fingerprint density at radius 3 is 2.15 bits per heavy atom. The summed E-state index contributed by atoms with van der Waals surface area (Å²) in [7, 11) is -3.70. The van der Waals surface area contributed by atoms with Crippen LogP contribution in [0.15, 0.2) is 71.6 Å². The van der Waals surface area contributed by atoms with Crippen LogP contribution in [0.5, 0.6) is 0 Å². The van der Waals surface area contributed by atoms with Gasteiger partial charge in [0, 0.05) is 27.6 Å². The van der Waals surface area contributed by atoms with E-state index in [1.54, 1.807) is 13.0 Å². The molecule has 0 aliphatic rings. The van der Waals surface area contributed by atoms with Gasteiger partial charge in [-0.1, -0.05) is 54.1 Å². The van der Waals surface area contributed by atoms with Crippen LogP contribution >= 0.6 is 0 Å². The van der Waals surface area contributed by atoms with E-state index in [1.165, 1.54) is 5.56 Å². The van der Waals surface area contributed by atoms with Gasteiger partial charge in [-0.3, -0.25) is 0 Å². The molecule has 170 valence electrons. The second kappa shape index (κ2) is 8.57. The van der Waals surface area contributed by atoms with Crippen molar-refractivity contribution in [2.45, 2.75) is 45.1 Å². The fourth-order valence-electron chi connectivity index (χ4n) is 3.68. The standard InChI is InChI=1S/C26H28N4O2S/c1-17-10-14-20(15-11-17)27-25-22-9-7-6-8-21(22)24(28-29-25)19-13-12-18(2)23(16-19)33(31,32)30-26(3,4)5/h6-16,30H,1-5H3,(H,27,29). The average molecular weight is 461 g/mol. The first-order chi connectivity index (χ1) is 15.5. The number of sulfonamides is 1. The molecule has 0 amide bonds. The molecule has 0 saturated carbocycles. The highest BCUT2D eigenvalue weighted by Crippen LogP contribution is 2.33. The van der Waals surface area contributed by atoms with Crippen molar-refractivity contribution in [2.24, 2.45) is 0 Å². The van der Waals surface area contributed by atoms with E-state index in [-0.39, 0.29) is 4.90 Å². The predicted octanol–water partition coefficient (Wildman–Crippen LogP) is 5.73. The molecule has 0 fully saturated rings. The maximum absolute atomic E-state index is 13.0. The van der Waals surface area contributed by atoms with E-state index in [4.69, 9.17) is 0 Å². The number of aryl methyl sites for hydroxylation is 2. The fourth-order valence-corrected chi connectivity index (χ4v) is 5.37. The molecule has 0 bridgehead atoms. The van der Waals surface area contributed by atoms with Crippen molar-refractivity contribution < 1.29 is 8.42 Å². The van der Waals surface area contributed by atoms with Crippen molar-refractivity contribution in [3.8, 4) is 11.3 Å². The fraction of sp³-hybridized carbons (Fsp3) is 0.231. The molecule has 4 aromatic rings. The summed E-state index contributed by atoms with van der Waals surface area (Å²) in [5.74, 6) is 0.646. The normalized spacial score (nSPS) is 12.2. The molecule has 0 atom stereocenters. The Morgan fingerprint density at radius 2 is 1.48 bits per heavy atom. The quantitative estimate of drug-likeness (QED) is 0.397. The van der Waals surface area contributed by atoms with Crippen LogP contribution in [-0.2, 0) is 10.0 Å². The number of rotatable bonds is 5.